The maximum atomic E-state index is 14.4. The molecular weight excluding hydrogens is 488 g/mol. The Morgan fingerprint density at radius 3 is 2.32 bits per heavy atom. The van der Waals surface area contributed by atoms with Crippen LogP contribution in [0.1, 0.15) is 12.8 Å². The number of piperazine rings is 1. The molecule has 0 spiro atoms. The lowest BCUT2D eigenvalue weighted by atomic mass is 10.1. The molecule has 2 aromatic carbocycles. The van der Waals surface area contributed by atoms with Crippen molar-refractivity contribution in [3.8, 4) is 17.1 Å². The molecule has 1 saturated heterocycles. The van der Waals surface area contributed by atoms with E-state index in [0.29, 0.717) is 27.8 Å². The number of aromatic nitrogens is 5. The van der Waals surface area contributed by atoms with Crippen molar-refractivity contribution in [2.45, 2.75) is 19.4 Å². The second-order valence-electron chi connectivity index (χ2n) is 10.2. The van der Waals surface area contributed by atoms with Crippen molar-refractivity contribution in [3.63, 3.8) is 0 Å². The third kappa shape index (κ3) is 4.43. The number of likely N-dealkylation sites (N-methyl/N-ethyl adjacent to an activating group) is 1. The molecule has 3 aromatic heterocycles. The van der Waals surface area contributed by atoms with Gasteiger partial charge in [0.2, 0.25) is 0 Å². The normalized spacial score (nSPS) is 15.3. The lowest BCUT2D eigenvalue weighted by Crippen LogP contribution is -2.44. The molecule has 1 N–H and O–H groups in total. The van der Waals surface area contributed by atoms with Crippen LogP contribution >= 0.6 is 0 Å². The minimum atomic E-state index is -0.438. The number of hydrogen-bond donors (Lipinski definition) is 1. The van der Waals surface area contributed by atoms with Gasteiger partial charge in [-0.05, 0) is 62.8 Å². The summed E-state index contributed by atoms with van der Waals surface area (Å²) in [4.78, 5) is 17.9. The number of H-pyrrole nitrogens is 1. The van der Waals surface area contributed by atoms with Crippen LogP contribution in [-0.2, 0) is 13.6 Å². The zero-order valence-electron chi connectivity index (χ0n) is 21.6. The molecule has 38 heavy (non-hydrogen) atoms. The Kier molecular flexibility index (Phi) is 6.37. The first-order chi connectivity index (χ1) is 18.4. The van der Waals surface area contributed by atoms with E-state index in [0.717, 1.165) is 63.1 Å². The fourth-order valence-corrected chi connectivity index (χ4v) is 5.55. The highest BCUT2D eigenvalue weighted by atomic mass is 19.1. The third-order valence-electron chi connectivity index (χ3n) is 7.65. The van der Waals surface area contributed by atoms with E-state index in [1.54, 1.807) is 12.1 Å². The molecule has 8 nitrogen and oxygen atoms in total. The van der Waals surface area contributed by atoms with E-state index in [1.165, 1.54) is 28.8 Å². The highest BCUT2D eigenvalue weighted by Crippen LogP contribution is 2.33. The number of aromatic amines is 1. The van der Waals surface area contributed by atoms with Crippen LogP contribution in [0, 0.1) is 11.6 Å². The Labute approximate surface area is 218 Å². The van der Waals surface area contributed by atoms with Crippen LogP contribution in [0.3, 0.4) is 0 Å². The van der Waals surface area contributed by atoms with Crippen molar-refractivity contribution in [3.05, 3.63) is 70.9 Å². The molecule has 5 aromatic rings. The van der Waals surface area contributed by atoms with Crippen molar-refractivity contribution < 1.29 is 8.78 Å². The molecule has 0 bridgehead atoms. The summed E-state index contributed by atoms with van der Waals surface area (Å²) in [5.41, 5.74) is 2.39. The zero-order chi connectivity index (χ0) is 26.4. The number of fused-ring (bicyclic) bond motifs is 2. The van der Waals surface area contributed by atoms with E-state index in [2.05, 4.69) is 31.6 Å². The van der Waals surface area contributed by atoms with Crippen molar-refractivity contribution >= 4 is 21.8 Å². The highest BCUT2D eigenvalue weighted by Gasteiger charge is 2.21. The van der Waals surface area contributed by atoms with Crippen LogP contribution in [-0.4, -0.2) is 73.5 Å². The van der Waals surface area contributed by atoms with Crippen molar-refractivity contribution in [2.24, 2.45) is 7.05 Å². The van der Waals surface area contributed by atoms with Gasteiger partial charge in [-0.15, -0.1) is 0 Å². The average molecular weight is 520 g/mol. The summed E-state index contributed by atoms with van der Waals surface area (Å²) in [7, 11) is 4.02. The van der Waals surface area contributed by atoms with Gasteiger partial charge in [0, 0.05) is 74.0 Å². The SMILES string of the molecule is CN1CCN(CCCCn2cc(-n3c(-c4cn(C)c5ccc(F)cc45)n[nH]c3=O)c3cc(F)ccc32)CC1. The lowest BCUT2D eigenvalue weighted by Gasteiger charge is -2.32. The fourth-order valence-electron chi connectivity index (χ4n) is 5.55. The molecule has 1 aliphatic rings. The molecule has 6 rings (SSSR count). The average Bonchev–Trinajstić information content (AvgIpc) is 3.55. The Morgan fingerprint density at radius 1 is 0.868 bits per heavy atom. The number of nitrogens with zero attached hydrogens (tertiary/aromatic N) is 6. The Bertz CT molecular complexity index is 1670. The fraction of sp³-hybridized carbons (Fsp3) is 0.357. The number of rotatable bonds is 7. The number of hydrogen-bond acceptors (Lipinski definition) is 4. The van der Waals surface area contributed by atoms with Gasteiger partial charge < -0.3 is 18.9 Å². The van der Waals surface area contributed by atoms with Crippen LogP contribution in [0.5, 0.6) is 0 Å². The summed E-state index contributed by atoms with van der Waals surface area (Å²) >= 11 is 0. The lowest BCUT2D eigenvalue weighted by molar-refractivity contribution is 0.152. The topological polar surface area (TPSA) is 67.0 Å². The molecule has 198 valence electrons. The van der Waals surface area contributed by atoms with Gasteiger partial charge in [-0.1, -0.05) is 0 Å². The summed E-state index contributed by atoms with van der Waals surface area (Å²) < 4.78 is 34.0. The van der Waals surface area contributed by atoms with Gasteiger partial charge >= 0.3 is 5.69 Å². The zero-order valence-corrected chi connectivity index (χ0v) is 21.6. The van der Waals surface area contributed by atoms with Crippen molar-refractivity contribution in [1.82, 2.24) is 33.7 Å². The smallest absolute Gasteiger partial charge is 0.348 e. The predicted molar refractivity (Wildman–Crippen MR) is 145 cm³/mol. The molecule has 4 heterocycles. The Balaban J connectivity index is 1.35. The first kappa shape index (κ1) is 24.6. The second kappa shape index (κ2) is 9.85. The van der Waals surface area contributed by atoms with Gasteiger partial charge in [0.05, 0.1) is 11.2 Å². The van der Waals surface area contributed by atoms with Crippen molar-refractivity contribution in [2.75, 3.05) is 39.8 Å². The van der Waals surface area contributed by atoms with Gasteiger partial charge in [-0.3, -0.25) is 0 Å². The maximum absolute atomic E-state index is 14.4. The van der Waals surface area contributed by atoms with Gasteiger partial charge in [0.15, 0.2) is 5.82 Å². The van der Waals surface area contributed by atoms with E-state index in [-0.39, 0.29) is 11.6 Å². The summed E-state index contributed by atoms with van der Waals surface area (Å²) in [5.74, 6) is -0.397. The predicted octanol–water partition coefficient (Wildman–Crippen LogP) is 3.98. The number of nitrogens with one attached hydrogen (secondary N) is 1. The Morgan fingerprint density at radius 2 is 1.55 bits per heavy atom. The number of aryl methyl sites for hydroxylation is 2. The number of unbranched alkanes of at least 4 members (excludes halogenated alkanes) is 1. The summed E-state index contributed by atoms with van der Waals surface area (Å²) in [6.07, 6.45) is 5.74. The van der Waals surface area contributed by atoms with E-state index in [4.69, 9.17) is 0 Å². The molecule has 0 atom stereocenters. The second-order valence-corrected chi connectivity index (χ2v) is 10.2. The molecule has 0 radical (unpaired) electrons. The van der Waals surface area contributed by atoms with Crippen molar-refractivity contribution in [1.29, 1.82) is 0 Å². The molecular formula is C28H31F2N7O. The first-order valence-electron chi connectivity index (χ1n) is 13.0. The first-order valence-corrected chi connectivity index (χ1v) is 13.0. The van der Waals surface area contributed by atoms with Crippen LogP contribution in [0.25, 0.3) is 38.9 Å². The van der Waals surface area contributed by atoms with Gasteiger partial charge in [-0.2, -0.15) is 5.10 Å². The van der Waals surface area contributed by atoms with E-state index in [1.807, 2.05) is 24.0 Å². The quantitative estimate of drug-likeness (QED) is 0.331. The van der Waals surface area contributed by atoms with Gasteiger partial charge in [0.25, 0.3) is 0 Å². The highest BCUT2D eigenvalue weighted by molar-refractivity contribution is 5.96. The molecule has 1 aliphatic heterocycles. The Hall–Kier alpha value is -3.76. The van der Waals surface area contributed by atoms with Crippen LogP contribution in [0.4, 0.5) is 8.78 Å². The minimum Gasteiger partial charge on any atom is -0.350 e. The van der Waals surface area contributed by atoms with Gasteiger partial charge in [0.1, 0.15) is 11.6 Å². The molecule has 0 unspecified atom stereocenters. The van der Waals surface area contributed by atoms with E-state index >= 15 is 0 Å². The molecule has 0 saturated carbocycles. The molecule has 0 amide bonds. The van der Waals surface area contributed by atoms with Gasteiger partial charge in [-0.25, -0.2) is 23.2 Å². The summed E-state index contributed by atoms with van der Waals surface area (Å²) in [6, 6.07) is 9.21. The molecule has 10 heteroatoms. The number of benzene rings is 2. The third-order valence-corrected chi connectivity index (χ3v) is 7.65. The maximum Gasteiger partial charge on any atom is 0.348 e. The van der Waals surface area contributed by atoms with E-state index in [9.17, 15) is 13.6 Å². The van der Waals surface area contributed by atoms with Crippen LogP contribution < -0.4 is 5.69 Å². The van der Waals surface area contributed by atoms with E-state index < -0.39 is 5.69 Å². The standard InChI is InChI=1S/C28H31F2N7O/c1-33-11-13-35(14-12-33)9-3-4-10-36-18-26(22-16-20(30)6-8-25(22)36)37-27(31-32-28(37)38)23-17-34(2)24-7-5-19(29)15-21(23)24/h5-8,15-18H,3-4,9-14H2,1-2H3,(H,32,38). The van der Waals surface area contributed by atoms with Crippen LogP contribution in [0.2, 0.25) is 0 Å². The summed E-state index contributed by atoms with van der Waals surface area (Å²) in [6.45, 7) is 6.19. The monoisotopic (exact) mass is 519 g/mol. The summed E-state index contributed by atoms with van der Waals surface area (Å²) in [5, 5.41) is 8.12. The molecule has 1 fully saturated rings. The number of halogens is 2. The largest absolute Gasteiger partial charge is 0.350 e. The minimum absolute atomic E-state index is 0.351. The molecule has 0 aliphatic carbocycles. The van der Waals surface area contributed by atoms with Crippen LogP contribution in [0.15, 0.2) is 53.6 Å².